The van der Waals surface area contributed by atoms with Gasteiger partial charge in [0.25, 0.3) is 0 Å². The molecule has 2 nitrogen and oxygen atoms in total. The average Bonchev–Trinajstić information content (AvgIpc) is 2.10. The first-order valence-corrected chi connectivity index (χ1v) is 5.10. The van der Waals surface area contributed by atoms with E-state index in [1.54, 1.807) is 24.3 Å². The van der Waals surface area contributed by atoms with E-state index in [1.807, 2.05) is 6.07 Å². The van der Waals surface area contributed by atoms with Gasteiger partial charge >= 0.3 is 5.97 Å². The molecule has 0 heterocycles. The van der Waals surface area contributed by atoms with E-state index in [0.717, 1.165) is 10.0 Å². The van der Waals surface area contributed by atoms with Crippen LogP contribution in [0.5, 0.6) is 0 Å². The Balaban J connectivity index is 2.80. The van der Waals surface area contributed by atoms with Gasteiger partial charge < -0.3 is 5.11 Å². The molecular weight excluding hydrogens is 267 g/mol. The highest BCUT2D eigenvalue weighted by Gasteiger charge is 1.97. The number of benzene rings is 1. The third-order valence-electron chi connectivity index (χ3n) is 1.55. The van der Waals surface area contributed by atoms with Crippen molar-refractivity contribution in [2.24, 2.45) is 0 Å². The van der Waals surface area contributed by atoms with Crippen molar-refractivity contribution in [1.29, 1.82) is 0 Å². The molecule has 0 aliphatic heterocycles. The molecule has 4 heteroatoms. The second kappa shape index (κ2) is 5.17. The van der Waals surface area contributed by atoms with Crippen LogP contribution in [-0.4, -0.2) is 11.1 Å². The van der Waals surface area contributed by atoms with Crippen LogP contribution in [-0.2, 0) is 4.79 Å². The highest BCUT2D eigenvalue weighted by atomic mass is 79.9. The van der Waals surface area contributed by atoms with Gasteiger partial charge in [0.05, 0.1) is 6.42 Å². The molecule has 1 aromatic carbocycles. The maximum Gasteiger partial charge on any atom is 0.307 e. The van der Waals surface area contributed by atoms with Gasteiger partial charge in [-0.25, -0.2) is 0 Å². The number of hydrogen-bond donors (Lipinski definition) is 1. The SMILES string of the molecule is O=C(O)CC=Cc1cc(Cl)ccc1Br. The lowest BCUT2D eigenvalue weighted by Gasteiger charge is -1.98. The van der Waals surface area contributed by atoms with Gasteiger partial charge in [0, 0.05) is 9.50 Å². The van der Waals surface area contributed by atoms with E-state index in [9.17, 15) is 4.79 Å². The van der Waals surface area contributed by atoms with Crippen molar-refractivity contribution in [3.8, 4) is 0 Å². The molecule has 0 saturated heterocycles. The normalized spacial score (nSPS) is 10.7. The number of carboxylic acid groups (broad SMARTS) is 1. The van der Waals surface area contributed by atoms with E-state index in [0.29, 0.717) is 5.02 Å². The van der Waals surface area contributed by atoms with Crippen LogP contribution in [0.1, 0.15) is 12.0 Å². The van der Waals surface area contributed by atoms with E-state index < -0.39 is 5.97 Å². The monoisotopic (exact) mass is 274 g/mol. The van der Waals surface area contributed by atoms with Gasteiger partial charge in [0.15, 0.2) is 0 Å². The van der Waals surface area contributed by atoms with Crippen molar-refractivity contribution < 1.29 is 9.90 Å². The molecule has 14 heavy (non-hydrogen) atoms. The van der Waals surface area contributed by atoms with Gasteiger partial charge in [-0.1, -0.05) is 39.7 Å². The zero-order valence-electron chi connectivity index (χ0n) is 7.21. The molecule has 1 rings (SSSR count). The Hall–Kier alpha value is -0.800. The fourth-order valence-corrected chi connectivity index (χ4v) is 1.49. The van der Waals surface area contributed by atoms with Crippen LogP contribution in [0.15, 0.2) is 28.7 Å². The minimum Gasteiger partial charge on any atom is -0.481 e. The van der Waals surface area contributed by atoms with Crippen molar-refractivity contribution in [2.75, 3.05) is 0 Å². The Morgan fingerprint density at radius 2 is 2.29 bits per heavy atom. The van der Waals surface area contributed by atoms with Crippen LogP contribution >= 0.6 is 27.5 Å². The number of carboxylic acids is 1. The molecule has 74 valence electrons. The van der Waals surface area contributed by atoms with Gasteiger partial charge in [-0.15, -0.1) is 0 Å². The van der Waals surface area contributed by atoms with Crippen molar-refractivity contribution in [3.05, 3.63) is 39.3 Å². The molecule has 1 aromatic rings. The van der Waals surface area contributed by atoms with Gasteiger partial charge in [-0.2, -0.15) is 0 Å². The standard InChI is InChI=1S/C10H8BrClO2/c11-9-5-4-8(12)6-7(9)2-1-3-10(13)14/h1-2,4-6H,3H2,(H,13,14). The molecule has 0 aliphatic carbocycles. The molecule has 0 bridgehead atoms. The molecular formula is C10H8BrClO2. The molecule has 0 aromatic heterocycles. The Morgan fingerprint density at radius 3 is 2.93 bits per heavy atom. The maximum absolute atomic E-state index is 10.3. The summed E-state index contributed by atoms with van der Waals surface area (Å²) in [6.45, 7) is 0. The quantitative estimate of drug-likeness (QED) is 0.915. The Bertz CT molecular complexity index is 374. The smallest absolute Gasteiger partial charge is 0.307 e. The molecule has 0 aliphatic rings. The van der Waals surface area contributed by atoms with Crippen LogP contribution < -0.4 is 0 Å². The number of aliphatic carboxylic acids is 1. The second-order valence-corrected chi connectivity index (χ2v) is 3.96. The van der Waals surface area contributed by atoms with Crippen molar-refractivity contribution >= 4 is 39.6 Å². The molecule has 0 amide bonds. The van der Waals surface area contributed by atoms with Crippen LogP contribution in [0.25, 0.3) is 6.08 Å². The lowest BCUT2D eigenvalue weighted by Crippen LogP contribution is -1.89. The Morgan fingerprint density at radius 1 is 1.57 bits per heavy atom. The highest BCUT2D eigenvalue weighted by molar-refractivity contribution is 9.10. The van der Waals surface area contributed by atoms with Crippen LogP contribution in [0.3, 0.4) is 0 Å². The predicted molar refractivity (Wildman–Crippen MR) is 60.4 cm³/mol. The minimum atomic E-state index is -0.848. The third kappa shape index (κ3) is 3.52. The van der Waals surface area contributed by atoms with E-state index in [2.05, 4.69) is 15.9 Å². The number of halogens is 2. The fourth-order valence-electron chi connectivity index (χ4n) is 0.929. The van der Waals surface area contributed by atoms with Crippen LogP contribution in [0.4, 0.5) is 0 Å². The van der Waals surface area contributed by atoms with Crippen molar-refractivity contribution in [3.63, 3.8) is 0 Å². The number of rotatable bonds is 3. The summed E-state index contributed by atoms with van der Waals surface area (Å²) in [5, 5.41) is 9.05. The molecule has 0 unspecified atom stereocenters. The first kappa shape index (κ1) is 11.3. The first-order valence-electron chi connectivity index (χ1n) is 3.93. The predicted octanol–water partition coefficient (Wildman–Crippen LogP) is 3.59. The van der Waals surface area contributed by atoms with E-state index in [-0.39, 0.29) is 6.42 Å². The summed E-state index contributed by atoms with van der Waals surface area (Å²) in [5.74, 6) is -0.848. The van der Waals surface area contributed by atoms with E-state index in [1.165, 1.54) is 0 Å². The summed E-state index contributed by atoms with van der Waals surface area (Å²) in [7, 11) is 0. The zero-order chi connectivity index (χ0) is 10.6. The Labute approximate surface area is 95.3 Å². The highest BCUT2D eigenvalue weighted by Crippen LogP contribution is 2.22. The lowest BCUT2D eigenvalue weighted by molar-refractivity contribution is -0.135. The fraction of sp³-hybridized carbons (Fsp3) is 0.100. The Kier molecular flexibility index (Phi) is 4.17. The maximum atomic E-state index is 10.3. The molecule has 1 N–H and O–H groups in total. The lowest BCUT2D eigenvalue weighted by atomic mass is 10.2. The van der Waals surface area contributed by atoms with Crippen molar-refractivity contribution in [1.82, 2.24) is 0 Å². The minimum absolute atomic E-state index is 0.0129. The molecule has 0 atom stereocenters. The average molecular weight is 276 g/mol. The van der Waals surface area contributed by atoms with Crippen molar-refractivity contribution in [2.45, 2.75) is 6.42 Å². The van der Waals surface area contributed by atoms with E-state index >= 15 is 0 Å². The summed E-state index contributed by atoms with van der Waals surface area (Å²) in [6.07, 6.45) is 3.32. The summed E-state index contributed by atoms with van der Waals surface area (Å²) in [5.41, 5.74) is 0.874. The topological polar surface area (TPSA) is 37.3 Å². The zero-order valence-corrected chi connectivity index (χ0v) is 9.55. The summed E-state index contributed by atoms with van der Waals surface area (Å²) in [6, 6.07) is 5.35. The van der Waals surface area contributed by atoms with Gasteiger partial charge in [-0.3, -0.25) is 4.79 Å². The first-order chi connectivity index (χ1) is 6.59. The number of hydrogen-bond acceptors (Lipinski definition) is 1. The third-order valence-corrected chi connectivity index (χ3v) is 2.51. The van der Waals surface area contributed by atoms with Crippen LogP contribution in [0.2, 0.25) is 5.02 Å². The second-order valence-electron chi connectivity index (χ2n) is 2.67. The summed E-state index contributed by atoms with van der Waals surface area (Å²) >= 11 is 9.13. The largest absolute Gasteiger partial charge is 0.481 e. The molecule has 0 fully saturated rings. The summed E-state index contributed by atoms with van der Waals surface area (Å²) < 4.78 is 0.892. The van der Waals surface area contributed by atoms with Gasteiger partial charge in [-0.05, 0) is 23.8 Å². The van der Waals surface area contributed by atoms with Crippen LogP contribution in [0, 0.1) is 0 Å². The summed E-state index contributed by atoms with van der Waals surface area (Å²) in [4.78, 5) is 10.3. The molecule has 0 saturated carbocycles. The van der Waals surface area contributed by atoms with E-state index in [4.69, 9.17) is 16.7 Å². The number of carbonyl (C=O) groups is 1. The van der Waals surface area contributed by atoms with Gasteiger partial charge in [0.2, 0.25) is 0 Å². The molecule has 0 radical (unpaired) electrons. The van der Waals surface area contributed by atoms with Gasteiger partial charge in [0.1, 0.15) is 0 Å². The molecule has 0 spiro atoms.